The lowest BCUT2D eigenvalue weighted by Crippen LogP contribution is -2.25. The highest BCUT2D eigenvalue weighted by Gasteiger charge is 2.22. The molecule has 5 nitrogen and oxygen atoms in total. The molecule has 0 spiro atoms. The zero-order chi connectivity index (χ0) is 11.7. The Labute approximate surface area is 100 Å². The van der Waals surface area contributed by atoms with Crippen LogP contribution in [-0.4, -0.2) is 19.7 Å². The molecule has 3 rings (SSSR count). The van der Waals surface area contributed by atoms with Gasteiger partial charge in [-0.25, -0.2) is 4.98 Å². The minimum atomic E-state index is 0.427. The van der Waals surface area contributed by atoms with Crippen molar-refractivity contribution in [2.45, 2.75) is 31.8 Å². The number of aryl methyl sites for hydroxylation is 1. The van der Waals surface area contributed by atoms with E-state index in [1.807, 2.05) is 24.1 Å². The van der Waals surface area contributed by atoms with E-state index in [0.717, 1.165) is 18.7 Å². The van der Waals surface area contributed by atoms with E-state index in [0.29, 0.717) is 6.04 Å². The maximum absolute atomic E-state index is 4.35. The third kappa shape index (κ3) is 1.98. The average Bonchev–Trinajstić information content (AvgIpc) is 2.97. The van der Waals surface area contributed by atoms with Gasteiger partial charge in [0.1, 0.15) is 0 Å². The van der Waals surface area contributed by atoms with Gasteiger partial charge in [0.25, 0.3) is 0 Å². The standard InChI is InChI=1S/C12H17N5/c1-17-12-4-2-3-11(10(12)7-16-17)14-6-9-5-13-8-15-9/h5,7-8,11,14H,2-4,6H2,1H3,(H,13,15). The monoisotopic (exact) mass is 231 g/mol. The van der Waals surface area contributed by atoms with Gasteiger partial charge in [-0.3, -0.25) is 4.68 Å². The van der Waals surface area contributed by atoms with Crippen molar-refractivity contribution in [1.82, 2.24) is 25.1 Å². The smallest absolute Gasteiger partial charge is 0.0922 e. The SMILES string of the molecule is Cn1ncc2c1CCCC2NCc1cnc[nH]1. The summed E-state index contributed by atoms with van der Waals surface area (Å²) >= 11 is 0. The molecule has 17 heavy (non-hydrogen) atoms. The number of nitrogens with zero attached hydrogens (tertiary/aromatic N) is 3. The number of aromatic amines is 1. The molecule has 0 aliphatic heterocycles. The zero-order valence-corrected chi connectivity index (χ0v) is 9.98. The summed E-state index contributed by atoms with van der Waals surface area (Å²) in [7, 11) is 2.02. The average molecular weight is 231 g/mol. The summed E-state index contributed by atoms with van der Waals surface area (Å²) in [6, 6.07) is 0.427. The lowest BCUT2D eigenvalue weighted by Gasteiger charge is -2.23. The van der Waals surface area contributed by atoms with Gasteiger partial charge in [0, 0.05) is 42.8 Å². The molecule has 1 aliphatic rings. The van der Waals surface area contributed by atoms with Crippen LogP contribution in [0.3, 0.4) is 0 Å². The number of H-pyrrole nitrogens is 1. The number of hydrogen-bond acceptors (Lipinski definition) is 3. The van der Waals surface area contributed by atoms with Crippen molar-refractivity contribution < 1.29 is 0 Å². The Kier molecular flexibility index (Phi) is 2.68. The first-order valence-electron chi connectivity index (χ1n) is 6.06. The summed E-state index contributed by atoms with van der Waals surface area (Å²) in [6.45, 7) is 0.832. The van der Waals surface area contributed by atoms with Crippen LogP contribution < -0.4 is 5.32 Å². The van der Waals surface area contributed by atoms with Crippen LogP contribution in [0.1, 0.15) is 35.8 Å². The number of fused-ring (bicyclic) bond motifs is 1. The Hall–Kier alpha value is -1.62. The van der Waals surface area contributed by atoms with Crippen LogP contribution in [-0.2, 0) is 20.0 Å². The van der Waals surface area contributed by atoms with Crippen molar-refractivity contribution in [3.63, 3.8) is 0 Å². The van der Waals surface area contributed by atoms with E-state index in [1.54, 1.807) is 6.33 Å². The summed E-state index contributed by atoms with van der Waals surface area (Å²) in [6.07, 6.45) is 9.14. The van der Waals surface area contributed by atoms with Crippen LogP contribution in [0.5, 0.6) is 0 Å². The number of nitrogens with one attached hydrogen (secondary N) is 2. The summed E-state index contributed by atoms with van der Waals surface area (Å²) in [5, 5.41) is 7.92. The lowest BCUT2D eigenvalue weighted by atomic mass is 9.93. The summed E-state index contributed by atoms with van der Waals surface area (Å²) in [5.41, 5.74) is 3.86. The molecule has 1 unspecified atom stereocenters. The Balaban J connectivity index is 1.72. The highest BCUT2D eigenvalue weighted by atomic mass is 15.3. The van der Waals surface area contributed by atoms with E-state index in [-0.39, 0.29) is 0 Å². The predicted octanol–water partition coefficient (Wildman–Crippen LogP) is 1.31. The molecular weight excluding hydrogens is 214 g/mol. The molecule has 0 fully saturated rings. The third-order valence-electron chi connectivity index (χ3n) is 3.47. The molecule has 0 radical (unpaired) electrons. The van der Waals surface area contributed by atoms with E-state index in [9.17, 15) is 0 Å². The van der Waals surface area contributed by atoms with E-state index in [2.05, 4.69) is 20.4 Å². The highest BCUT2D eigenvalue weighted by molar-refractivity contribution is 5.24. The molecule has 0 saturated carbocycles. The Bertz CT molecular complexity index is 485. The molecule has 1 atom stereocenters. The van der Waals surface area contributed by atoms with Crippen molar-refractivity contribution in [3.05, 3.63) is 35.7 Å². The second kappa shape index (κ2) is 4.33. The van der Waals surface area contributed by atoms with Gasteiger partial charge in [0.15, 0.2) is 0 Å². The first-order valence-corrected chi connectivity index (χ1v) is 6.06. The molecule has 0 amide bonds. The summed E-state index contributed by atoms with van der Waals surface area (Å²) in [4.78, 5) is 7.13. The van der Waals surface area contributed by atoms with Crippen molar-refractivity contribution in [2.75, 3.05) is 0 Å². The molecule has 0 aromatic carbocycles. The van der Waals surface area contributed by atoms with Crippen molar-refractivity contribution in [1.29, 1.82) is 0 Å². The normalized spacial score (nSPS) is 19.2. The third-order valence-corrected chi connectivity index (χ3v) is 3.47. The molecule has 90 valence electrons. The van der Waals surface area contributed by atoms with Gasteiger partial charge < -0.3 is 10.3 Å². The van der Waals surface area contributed by atoms with Gasteiger partial charge in [0.05, 0.1) is 12.5 Å². The number of hydrogen-bond donors (Lipinski definition) is 2. The fraction of sp³-hybridized carbons (Fsp3) is 0.500. The van der Waals surface area contributed by atoms with E-state index < -0.39 is 0 Å². The van der Waals surface area contributed by atoms with E-state index in [4.69, 9.17) is 0 Å². The van der Waals surface area contributed by atoms with Gasteiger partial charge in [-0.15, -0.1) is 0 Å². The van der Waals surface area contributed by atoms with Gasteiger partial charge in [-0.2, -0.15) is 5.10 Å². The molecule has 1 aliphatic carbocycles. The molecule has 0 saturated heterocycles. The van der Waals surface area contributed by atoms with Crippen molar-refractivity contribution in [3.8, 4) is 0 Å². The lowest BCUT2D eigenvalue weighted by molar-refractivity contribution is 0.449. The van der Waals surface area contributed by atoms with E-state index in [1.165, 1.54) is 24.1 Å². The van der Waals surface area contributed by atoms with E-state index >= 15 is 0 Å². The van der Waals surface area contributed by atoms with Gasteiger partial charge in [0.2, 0.25) is 0 Å². The second-order valence-corrected chi connectivity index (χ2v) is 4.57. The second-order valence-electron chi connectivity index (χ2n) is 4.57. The molecule has 2 N–H and O–H groups in total. The van der Waals surface area contributed by atoms with Crippen LogP contribution in [0, 0.1) is 0 Å². The molecule has 2 aromatic rings. The maximum Gasteiger partial charge on any atom is 0.0922 e. The minimum absolute atomic E-state index is 0.427. The van der Waals surface area contributed by atoms with Crippen LogP contribution in [0.15, 0.2) is 18.7 Å². The zero-order valence-electron chi connectivity index (χ0n) is 9.98. The quantitative estimate of drug-likeness (QED) is 0.837. The maximum atomic E-state index is 4.35. The largest absolute Gasteiger partial charge is 0.347 e. The van der Waals surface area contributed by atoms with Gasteiger partial charge in [-0.1, -0.05) is 0 Å². The Morgan fingerprint density at radius 2 is 2.47 bits per heavy atom. The van der Waals surface area contributed by atoms with Crippen LogP contribution in [0.4, 0.5) is 0 Å². The molecule has 0 bridgehead atoms. The predicted molar refractivity (Wildman–Crippen MR) is 64.3 cm³/mol. The first kappa shape index (κ1) is 10.5. The molecular formula is C12H17N5. The van der Waals surface area contributed by atoms with Crippen LogP contribution >= 0.6 is 0 Å². The van der Waals surface area contributed by atoms with Gasteiger partial charge >= 0.3 is 0 Å². The van der Waals surface area contributed by atoms with Crippen molar-refractivity contribution >= 4 is 0 Å². The number of imidazole rings is 1. The van der Waals surface area contributed by atoms with Gasteiger partial charge in [-0.05, 0) is 19.3 Å². The summed E-state index contributed by atoms with van der Waals surface area (Å²) in [5.74, 6) is 0. The fourth-order valence-electron chi connectivity index (χ4n) is 2.53. The Morgan fingerprint density at radius 3 is 3.29 bits per heavy atom. The molecule has 2 heterocycles. The van der Waals surface area contributed by atoms with Crippen molar-refractivity contribution in [2.24, 2.45) is 7.05 Å². The number of rotatable bonds is 3. The summed E-state index contributed by atoms with van der Waals surface area (Å²) < 4.78 is 2.00. The molecule has 2 aromatic heterocycles. The fourth-order valence-corrected chi connectivity index (χ4v) is 2.53. The van der Waals surface area contributed by atoms with Crippen LogP contribution in [0.2, 0.25) is 0 Å². The highest BCUT2D eigenvalue weighted by Crippen LogP contribution is 2.29. The number of aromatic nitrogens is 4. The minimum Gasteiger partial charge on any atom is -0.347 e. The Morgan fingerprint density at radius 1 is 1.53 bits per heavy atom. The molecule has 5 heteroatoms. The first-order chi connectivity index (χ1) is 8.34. The van der Waals surface area contributed by atoms with Crippen LogP contribution in [0.25, 0.3) is 0 Å². The topological polar surface area (TPSA) is 58.5 Å².